The monoisotopic (exact) mass is 496 g/mol. The summed E-state index contributed by atoms with van der Waals surface area (Å²) in [5, 5.41) is 13.2. The molecule has 0 spiro atoms. The first-order valence-electron chi connectivity index (χ1n) is 13.2. The third-order valence-corrected chi connectivity index (χ3v) is 7.64. The third kappa shape index (κ3) is 5.34. The van der Waals surface area contributed by atoms with Crippen molar-refractivity contribution in [2.24, 2.45) is 0 Å². The van der Waals surface area contributed by atoms with Crippen LogP contribution in [0.2, 0.25) is 0 Å². The molecule has 8 nitrogen and oxygen atoms in total. The Morgan fingerprint density at radius 1 is 1.03 bits per heavy atom. The van der Waals surface area contributed by atoms with Crippen molar-refractivity contribution in [3.63, 3.8) is 0 Å². The molecule has 2 saturated carbocycles. The smallest absolute Gasteiger partial charge is 0.249 e. The standard InChI is InChI=1S/C29H32N6O2/c36-27(7-4-16-35-14-1-2-15-35)31-25-11-10-22(19-30-25)21-5-3-6-23(17-21)29(12-13-29)28(37)32-26-18-24(33-34-26)20-8-9-20/h3-7,10-11,17-20H,1-2,8-9,12-16H2,(H,30,31,36)(H2,32,33,34,37). The predicted octanol–water partition coefficient (Wildman–Crippen LogP) is 4.61. The molecule has 3 aromatic rings. The largest absolute Gasteiger partial charge is 0.308 e. The number of aromatic nitrogens is 3. The van der Waals surface area contributed by atoms with Gasteiger partial charge in [-0.1, -0.05) is 30.3 Å². The summed E-state index contributed by atoms with van der Waals surface area (Å²) >= 11 is 0. The molecule has 0 unspecified atom stereocenters. The highest BCUT2D eigenvalue weighted by Gasteiger charge is 2.51. The highest BCUT2D eigenvalue weighted by Crippen LogP contribution is 2.49. The number of rotatable bonds is 9. The highest BCUT2D eigenvalue weighted by atomic mass is 16.2. The van der Waals surface area contributed by atoms with Crippen LogP contribution < -0.4 is 10.6 Å². The van der Waals surface area contributed by atoms with Gasteiger partial charge in [-0.2, -0.15) is 5.10 Å². The van der Waals surface area contributed by atoms with Crippen LogP contribution in [0.1, 0.15) is 55.7 Å². The Balaban J connectivity index is 1.09. The van der Waals surface area contributed by atoms with Gasteiger partial charge in [-0.05, 0) is 74.9 Å². The van der Waals surface area contributed by atoms with E-state index in [0.29, 0.717) is 17.6 Å². The Kier molecular flexibility index (Phi) is 6.34. The first-order chi connectivity index (χ1) is 18.1. The summed E-state index contributed by atoms with van der Waals surface area (Å²) in [6, 6.07) is 13.8. The van der Waals surface area contributed by atoms with E-state index in [1.807, 2.05) is 42.5 Å². The zero-order valence-electron chi connectivity index (χ0n) is 20.9. The molecule has 2 aliphatic carbocycles. The number of nitrogens with one attached hydrogen (secondary N) is 3. The van der Waals surface area contributed by atoms with Gasteiger partial charge in [0.1, 0.15) is 5.82 Å². The lowest BCUT2D eigenvalue weighted by Crippen LogP contribution is -2.28. The molecular weight excluding hydrogens is 464 g/mol. The van der Waals surface area contributed by atoms with E-state index in [4.69, 9.17) is 0 Å². The van der Waals surface area contributed by atoms with Crippen LogP contribution in [0.5, 0.6) is 0 Å². The summed E-state index contributed by atoms with van der Waals surface area (Å²) < 4.78 is 0. The van der Waals surface area contributed by atoms with Crippen molar-refractivity contribution in [3.05, 3.63) is 72.1 Å². The summed E-state index contributed by atoms with van der Waals surface area (Å²) in [6.07, 6.45) is 11.7. The number of H-pyrrole nitrogens is 1. The zero-order chi connectivity index (χ0) is 25.2. The van der Waals surface area contributed by atoms with Gasteiger partial charge in [-0.25, -0.2) is 4.98 Å². The van der Waals surface area contributed by atoms with Gasteiger partial charge in [0.25, 0.3) is 0 Å². The Morgan fingerprint density at radius 3 is 2.59 bits per heavy atom. The minimum atomic E-state index is -0.516. The summed E-state index contributed by atoms with van der Waals surface area (Å²) in [4.78, 5) is 32.2. The fourth-order valence-corrected chi connectivity index (χ4v) is 5.09. The van der Waals surface area contributed by atoms with Gasteiger partial charge in [0, 0.05) is 42.1 Å². The molecule has 3 N–H and O–H groups in total. The van der Waals surface area contributed by atoms with Crippen molar-refractivity contribution in [1.29, 1.82) is 0 Å². The lowest BCUT2D eigenvalue weighted by atomic mass is 9.92. The zero-order valence-corrected chi connectivity index (χ0v) is 20.9. The Bertz CT molecular complexity index is 1310. The van der Waals surface area contributed by atoms with E-state index in [0.717, 1.165) is 54.9 Å². The van der Waals surface area contributed by atoms with E-state index in [1.165, 1.54) is 25.7 Å². The predicted molar refractivity (Wildman–Crippen MR) is 143 cm³/mol. The summed E-state index contributed by atoms with van der Waals surface area (Å²) in [5.41, 5.74) is 3.51. The molecule has 2 aromatic heterocycles. The van der Waals surface area contributed by atoms with Crippen LogP contribution in [0.4, 0.5) is 11.6 Å². The van der Waals surface area contributed by atoms with Crippen LogP contribution in [-0.2, 0) is 15.0 Å². The lowest BCUT2D eigenvalue weighted by Gasteiger charge is -2.16. The first-order valence-corrected chi connectivity index (χ1v) is 13.2. The minimum Gasteiger partial charge on any atom is -0.308 e. The third-order valence-electron chi connectivity index (χ3n) is 7.64. The Morgan fingerprint density at radius 2 is 1.86 bits per heavy atom. The van der Waals surface area contributed by atoms with E-state index >= 15 is 0 Å². The van der Waals surface area contributed by atoms with Crippen molar-refractivity contribution in [2.45, 2.75) is 49.9 Å². The topological polar surface area (TPSA) is 103 Å². The molecule has 1 saturated heterocycles. The van der Waals surface area contributed by atoms with Gasteiger partial charge < -0.3 is 10.6 Å². The second kappa shape index (κ2) is 9.94. The van der Waals surface area contributed by atoms with Gasteiger partial charge in [0.05, 0.1) is 5.41 Å². The molecule has 3 fully saturated rings. The fraction of sp³-hybridized carbons (Fsp3) is 0.379. The van der Waals surface area contributed by atoms with Crippen LogP contribution in [0.25, 0.3) is 11.1 Å². The molecule has 190 valence electrons. The molecule has 0 radical (unpaired) electrons. The van der Waals surface area contributed by atoms with Crippen LogP contribution in [-0.4, -0.2) is 51.5 Å². The van der Waals surface area contributed by atoms with E-state index in [9.17, 15) is 9.59 Å². The second-order valence-corrected chi connectivity index (χ2v) is 10.4. The van der Waals surface area contributed by atoms with E-state index in [-0.39, 0.29) is 11.8 Å². The average Bonchev–Trinajstić information content (AvgIpc) is 3.83. The molecular formula is C29H32N6O2. The van der Waals surface area contributed by atoms with Crippen molar-refractivity contribution in [2.75, 3.05) is 30.3 Å². The van der Waals surface area contributed by atoms with Gasteiger partial charge >= 0.3 is 0 Å². The molecule has 1 aromatic carbocycles. The maximum atomic E-state index is 13.2. The maximum absolute atomic E-state index is 13.2. The molecule has 8 heteroatoms. The normalized spacial score (nSPS) is 18.7. The second-order valence-electron chi connectivity index (χ2n) is 10.4. The number of likely N-dealkylation sites (tertiary alicyclic amines) is 1. The molecule has 0 bridgehead atoms. The van der Waals surface area contributed by atoms with Gasteiger partial charge in [-0.3, -0.25) is 19.6 Å². The first kappa shape index (κ1) is 23.6. The molecule has 37 heavy (non-hydrogen) atoms. The Labute approximate surface area is 216 Å². The number of anilines is 2. The van der Waals surface area contributed by atoms with Crippen molar-refractivity contribution < 1.29 is 9.59 Å². The summed E-state index contributed by atoms with van der Waals surface area (Å²) in [6.45, 7) is 3.01. The van der Waals surface area contributed by atoms with E-state index in [2.05, 4.69) is 36.8 Å². The minimum absolute atomic E-state index is 0.00697. The van der Waals surface area contributed by atoms with Crippen LogP contribution in [0.15, 0.2) is 60.8 Å². The molecule has 3 aliphatic rings. The molecule has 3 heterocycles. The summed E-state index contributed by atoms with van der Waals surface area (Å²) in [5.74, 6) is 1.49. The van der Waals surface area contributed by atoms with Crippen LogP contribution in [0, 0.1) is 0 Å². The number of pyridine rings is 1. The molecule has 1 aliphatic heterocycles. The van der Waals surface area contributed by atoms with E-state index < -0.39 is 5.41 Å². The number of hydrogen-bond donors (Lipinski definition) is 3. The number of benzene rings is 1. The lowest BCUT2D eigenvalue weighted by molar-refractivity contribution is -0.118. The van der Waals surface area contributed by atoms with Crippen LogP contribution in [0.3, 0.4) is 0 Å². The van der Waals surface area contributed by atoms with Gasteiger partial charge in [0.2, 0.25) is 11.8 Å². The Hall–Kier alpha value is -3.78. The summed E-state index contributed by atoms with van der Waals surface area (Å²) in [7, 11) is 0. The number of nitrogens with zero attached hydrogens (tertiary/aromatic N) is 3. The average molecular weight is 497 g/mol. The molecule has 6 rings (SSSR count). The van der Waals surface area contributed by atoms with Crippen molar-refractivity contribution >= 4 is 23.5 Å². The highest BCUT2D eigenvalue weighted by molar-refractivity contribution is 6.01. The number of carbonyl (C=O) groups is 2. The SMILES string of the molecule is O=C(C=CCN1CCCC1)Nc1ccc(-c2cccc(C3(C(=O)Nc4cc(C5CC5)[nH]n4)CC3)c2)cn1. The quantitative estimate of drug-likeness (QED) is 0.376. The van der Waals surface area contributed by atoms with Gasteiger partial charge in [0.15, 0.2) is 5.82 Å². The van der Waals surface area contributed by atoms with Crippen molar-refractivity contribution in [1.82, 2.24) is 20.1 Å². The molecule has 0 atom stereocenters. The fourth-order valence-electron chi connectivity index (χ4n) is 5.09. The molecule has 2 amide bonds. The number of hydrogen-bond acceptors (Lipinski definition) is 5. The maximum Gasteiger partial charge on any atom is 0.249 e. The number of aromatic amines is 1. The van der Waals surface area contributed by atoms with E-state index in [1.54, 1.807) is 12.3 Å². The van der Waals surface area contributed by atoms with Crippen molar-refractivity contribution in [3.8, 4) is 11.1 Å². The van der Waals surface area contributed by atoms with Gasteiger partial charge in [-0.15, -0.1) is 0 Å². The van der Waals surface area contributed by atoms with Crippen LogP contribution >= 0.6 is 0 Å². The number of amides is 2. The number of carbonyl (C=O) groups excluding carboxylic acids is 2.